The Morgan fingerprint density at radius 3 is 1.55 bits per heavy atom. The second-order valence-electron chi connectivity index (χ2n) is 11.3. The van der Waals surface area contributed by atoms with Crippen molar-refractivity contribution in [1.29, 1.82) is 0 Å². The van der Waals surface area contributed by atoms with Crippen molar-refractivity contribution in [2.75, 3.05) is 0 Å². The van der Waals surface area contributed by atoms with Gasteiger partial charge in [-0.3, -0.25) is 15.0 Å². The summed E-state index contributed by atoms with van der Waals surface area (Å²) < 4.78 is 0. The molecule has 9 rings (SSSR count). The standard InChI is InChI=1S/C41H25N3/c1-3-30-4-2-18-44-41(30)38(5-1)35-11-7-29-8-12-36-34(10-6-28-9-13-37(35)40(29)39(28)36)33-24-31(26-14-19-42-20-15-26)23-32(25-33)27-16-21-43-22-17-27/h1-25H. The number of pyridine rings is 3. The average Bonchev–Trinajstić information content (AvgIpc) is 3.11. The van der Waals surface area contributed by atoms with Gasteiger partial charge >= 0.3 is 0 Å². The Balaban J connectivity index is 1.32. The summed E-state index contributed by atoms with van der Waals surface area (Å²) in [6.07, 6.45) is 9.30. The van der Waals surface area contributed by atoms with Gasteiger partial charge in [0.05, 0.1) is 5.52 Å². The lowest BCUT2D eigenvalue weighted by molar-refractivity contribution is 1.33. The van der Waals surface area contributed by atoms with Gasteiger partial charge in [0, 0.05) is 41.9 Å². The highest BCUT2D eigenvalue weighted by molar-refractivity contribution is 6.28. The second kappa shape index (κ2) is 9.82. The Kier molecular flexibility index (Phi) is 5.50. The third kappa shape index (κ3) is 3.87. The van der Waals surface area contributed by atoms with Crippen molar-refractivity contribution in [3.63, 3.8) is 0 Å². The van der Waals surface area contributed by atoms with E-state index in [0.29, 0.717) is 0 Å². The minimum Gasteiger partial charge on any atom is -0.265 e. The summed E-state index contributed by atoms with van der Waals surface area (Å²) in [6, 6.07) is 43.9. The number of benzene rings is 6. The normalized spacial score (nSPS) is 11.6. The number of hydrogen-bond acceptors (Lipinski definition) is 3. The maximum absolute atomic E-state index is 4.78. The van der Waals surface area contributed by atoms with Gasteiger partial charge in [-0.15, -0.1) is 0 Å². The maximum Gasteiger partial charge on any atom is 0.0780 e. The molecule has 0 aliphatic heterocycles. The maximum atomic E-state index is 4.78. The zero-order valence-electron chi connectivity index (χ0n) is 23.8. The highest BCUT2D eigenvalue weighted by atomic mass is 14.6. The van der Waals surface area contributed by atoms with Crippen molar-refractivity contribution in [2.24, 2.45) is 0 Å². The van der Waals surface area contributed by atoms with Gasteiger partial charge in [-0.05, 0) is 120 Å². The van der Waals surface area contributed by atoms with E-state index in [1.807, 2.05) is 37.1 Å². The molecule has 0 bridgehead atoms. The number of fused-ring (bicyclic) bond motifs is 1. The number of para-hydroxylation sites is 1. The highest BCUT2D eigenvalue weighted by Crippen LogP contribution is 2.44. The largest absolute Gasteiger partial charge is 0.265 e. The molecule has 44 heavy (non-hydrogen) atoms. The van der Waals surface area contributed by atoms with E-state index in [-0.39, 0.29) is 0 Å². The van der Waals surface area contributed by atoms with Crippen LogP contribution in [0.15, 0.2) is 152 Å². The van der Waals surface area contributed by atoms with Crippen molar-refractivity contribution < 1.29 is 0 Å². The van der Waals surface area contributed by atoms with E-state index in [1.165, 1.54) is 49.0 Å². The van der Waals surface area contributed by atoms with Gasteiger partial charge in [0.15, 0.2) is 0 Å². The molecule has 0 aliphatic rings. The molecule has 0 N–H and O–H groups in total. The van der Waals surface area contributed by atoms with Crippen LogP contribution >= 0.6 is 0 Å². The van der Waals surface area contributed by atoms with Crippen LogP contribution in [-0.4, -0.2) is 15.0 Å². The molecule has 3 heterocycles. The lowest BCUT2D eigenvalue weighted by atomic mass is 9.86. The molecule has 6 aromatic carbocycles. The first-order valence-corrected chi connectivity index (χ1v) is 14.8. The van der Waals surface area contributed by atoms with E-state index in [9.17, 15) is 0 Å². The molecule has 9 aromatic rings. The van der Waals surface area contributed by atoms with Crippen LogP contribution in [0.5, 0.6) is 0 Å². The molecule has 0 unspecified atom stereocenters. The van der Waals surface area contributed by atoms with Crippen LogP contribution in [0.4, 0.5) is 0 Å². The van der Waals surface area contributed by atoms with Crippen LogP contribution in [-0.2, 0) is 0 Å². The van der Waals surface area contributed by atoms with Gasteiger partial charge in [-0.2, -0.15) is 0 Å². The summed E-state index contributed by atoms with van der Waals surface area (Å²) in [5, 5.41) is 8.74. The van der Waals surface area contributed by atoms with Crippen molar-refractivity contribution in [3.05, 3.63) is 152 Å². The Hall–Kier alpha value is -5.93. The topological polar surface area (TPSA) is 38.7 Å². The Morgan fingerprint density at radius 1 is 0.341 bits per heavy atom. The van der Waals surface area contributed by atoms with E-state index in [0.717, 1.165) is 38.7 Å². The molecule has 0 fully saturated rings. The molecule has 0 radical (unpaired) electrons. The number of aromatic nitrogens is 3. The molecule has 3 aromatic heterocycles. The van der Waals surface area contributed by atoms with E-state index >= 15 is 0 Å². The number of nitrogens with zero attached hydrogens (tertiary/aromatic N) is 3. The molecule has 3 heteroatoms. The van der Waals surface area contributed by atoms with Crippen LogP contribution in [0, 0.1) is 0 Å². The van der Waals surface area contributed by atoms with Crippen LogP contribution in [0.1, 0.15) is 0 Å². The summed E-state index contributed by atoms with van der Waals surface area (Å²) in [7, 11) is 0. The fourth-order valence-corrected chi connectivity index (χ4v) is 6.81. The summed E-state index contributed by atoms with van der Waals surface area (Å²) >= 11 is 0. The predicted molar refractivity (Wildman–Crippen MR) is 183 cm³/mol. The lowest BCUT2D eigenvalue weighted by Gasteiger charge is -2.18. The molecule has 3 nitrogen and oxygen atoms in total. The van der Waals surface area contributed by atoms with Gasteiger partial charge in [0.2, 0.25) is 0 Å². The number of hydrogen-bond donors (Lipinski definition) is 0. The summed E-state index contributed by atoms with van der Waals surface area (Å²) in [4.78, 5) is 13.3. The molecule has 0 aliphatic carbocycles. The second-order valence-corrected chi connectivity index (χ2v) is 11.3. The molecule has 204 valence electrons. The van der Waals surface area contributed by atoms with Crippen molar-refractivity contribution in [3.8, 4) is 44.5 Å². The zero-order valence-corrected chi connectivity index (χ0v) is 23.8. The minimum atomic E-state index is 1.03. The Bertz CT molecular complexity index is 2420. The SMILES string of the molecule is c1cnc2c(-c3ccc4ccc5c(-c6cc(-c7ccncc7)cc(-c7ccncc7)c6)ccc6ccc3c4c65)cccc2c1. The van der Waals surface area contributed by atoms with E-state index in [2.05, 4.69) is 125 Å². The van der Waals surface area contributed by atoms with E-state index in [4.69, 9.17) is 4.98 Å². The van der Waals surface area contributed by atoms with E-state index < -0.39 is 0 Å². The van der Waals surface area contributed by atoms with Crippen molar-refractivity contribution in [2.45, 2.75) is 0 Å². The zero-order chi connectivity index (χ0) is 29.0. The molecule has 0 saturated heterocycles. The van der Waals surface area contributed by atoms with Crippen LogP contribution in [0.3, 0.4) is 0 Å². The molecular weight excluding hydrogens is 534 g/mol. The fraction of sp³-hybridized carbons (Fsp3) is 0. The first-order chi connectivity index (χ1) is 21.8. The third-order valence-corrected chi connectivity index (χ3v) is 8.86. The van der Waals surface area contributed by atoms with E-state index in [1.54, 1.807) is 0 Å². The predicted octanol–water partition coefficient (Wildman–Crippen LogP) is 10.6. The molecule has 0 saturated carbocycles. The monoisotopic (exact) mass is 559 g/mol. The third-order valence-electron chi connectivity index (χ3n) is 8.86. The van der Waals surface area contributed by atoms with Gasteiger partial charge in [0.1, 0.15) is 0 Å². The summed E-state index contributed by atoms with van der Waals surface area (Å²) in [5.41, 5.74) is 10.4. The summed E-state index contributed by atoms with van der Waals surface area (Å²) in [5.74, 6) is 0. The molecule has 0 amide bonds. The van der Waals surface area contributed by atoms with Crippen LogP contribution in [0.2, 0.25) is 0 Å². The van der Waals surface area contributed by atoms with Crippen LogP contribution < -0.4 is 0 Å². The van der Waals surface area contributed by atoms with Crippen LogP contribution in [0.25, 0.3) is 87.7 Å². The smallest absolute Gasteiger partial charge is 0.0780 e. The minimum absolute atomic E-state index is 1.03. The molecular formula is C41H25N3. The Labute approximate surface area is 254 Å². The van der Waals surface area contributed by atoms with Gasteiger partial charge in [-0.25, -0.2) is 0 Å². The molecule has 0 atom stereocenters. The fourth-order valence-electron chi connectivity index (χ4n) is 6.81. The lowest BCUT2D eigenvalue weighted by Crippen LogP contribution is -1.91. The average molecular weight is 560 g/mol. The first-order valence-electron chi connectivity index (χ1n) is 14.8. The highest BCUT2D eigenvalue weighted by Gasteiger charge is 2.17. The quantitative estimate of drug-likeness (QED) is 0.201. The molecule has 0 spiro atoms. The van der Waals surface area contributed by atoms with Gasteiger partial charge in [-0.1, -0.05) is 72.8 Å². The van der Waals surface area contributed by atoms with Gasteiger partial charge in [0.25, 0.3) is 0 Å². The Morgan fingerprint density at radius 2 is 0.886 bits per heavy atom. The van der Waals surface area contributed by atoms with Crippen molar-refractivity contribution in [1.82, 2.24) is 15.0 Å². The summed E-state index contributed by atoms with van der Waals surface area (Å²) in [6.45, 7) is 0. The van der Waals surface area contributed by atoms with Gasteiger partial charge < -0.3 is 0 Å². The first kappa shape index (κ1) is 24.6. The number of rotatable bonds is 4. The van der Waals surface area contributed by atoms with Crippen molar-refractivity contribution >= 4 is 43.2 Å².